The van der Waals surface area contributed by atoms with Crippen LogP contribution in [0.3, 0.4) is 0 Å². The summed E-state index contributed by atoms with van der Waals surface area (Å²) in [6, 6.07) is 17.9. The molecule has 1 fully saturated rings. The van der Waals surface area contributed by atoms with Crippen LogP contribution in [-0.4, -0.2) is 41.2 Å². The van der Waals surface area contributed by atoms with Crippen LogP contribution in [-0.2, 0) is 11.4 Å². The Morgan fingerprint density at radius 3 is 2.56 bits per heavy atom. The third-order valence-corrected chi connectivity index (χ3v) is 7.14. The highest BCUT2D eigenvalue weighted by Crippen LogP contribution is 2.38. The Kier molecular flexibility index (Phi) is 7.81. The van der Waals surface area contributed by atoms with E-state index in [0.29, 0.717) is 33.9 Å². The number of amides is 1. The molecule has 0 aliphatic carbocycles. The normalized spacial score (nSPS) is 15.6. The van der Waals surface area contributed by atoms with Crippen molar-refractivity contribution < 1.29 is 24.2 Å². The van der Waals surface area contributed by atoms with Gasteiger partial charge in [0.1, 0.15) is 6.61 Å². The molecule has 1 N–H and O–H groups in total. The molecule has 0 bridgehead atoms. The second kappa shape index (κ2) is 11.0. The number of aromatic carboxylic acids is 1. The van der Waals surface area contributed by atoms with Gasteiger partial charge in [0, 0.05) is 11.5 Å². The molecule has 0 spiro atoms. The number of carboxylic acid groups (broad SMARTS) is 1. The fourth-order valence-electron chi connectivity index (χ4n) is 3.48. The minimum absolute atomic E-state index is 0.174. The number of aryl methyl sites for hydroxylation is 1. The van der Waals surface area contributed by atoms with Crippen molar-refractivity contribution in [2.24, 2.45) is 4.99 Å². The van der Waals surface area contributed by atoms with Gasteiger partial charge >= 0.3 is 5.97 Å². The van der Waals surface area contributed by atoms with E-state index in [4.69, 9.17) is 14.6 Å². The molecule has 1 heterocycles. The first-order valence-electron chi connectivity index (χ1n) is 10.9. The third-order valence-electron chi connectivity index (χ3n) is 5.39. The lowest BCUT2D eigenvalue weighted by Crippen LogP contribution is -2.23. The molecule has 36 heavy (non-hydrogen) atoms. The van der Waals surface area contributed by atoms with Crippen molar-refractivity contribution in [3.63, 3.8) is 0 Å². The lowest BCUT2D eigenvalue weighted by Gasteiger charge is -2.13. The smallest absolute Gasteiger partial charge is 0.335 e. The third kappa shape index (κ3) is 5.80. The number of hydrogen-bond donors (Lipinski definition) is 1. The number of carbonyl (C=O) groups excluding carboxylic acids is 1. The van der Waals surface area contributed by atoms with Gasteiger partial charge in [0.05, 0.1) is 23.3 Å². The second-order valence-electron chi connectivity index (χ2n) is 8.02. The molecule has 3 aromatic rings. The zero-order chi connectivity index (χ0) is 25.8. The lowest BCUT2D eigenvalue weighted by atomic mass is 10.1. The summed E-state index contributed by atoms with van der Waals surface area (Å²) in [6.07, 6.45) is 1.77. The van der Waals surface area contributed by atoms with Crippen molar-refractivity contribution in [3.8, 4) is 11.5 Å². The summed E-state index contributed by atoms with van der Waals surface area (Å²) in [4.78, 5) is 30.4. The standard InChI is InChI=1S/C27H23BrN2O5S/c1-16-5-4-6-17(11-16)15-35-23-14-21(28)19(12-22(23)34-3)13-24-25(31)30(2)27(36-24)29-20-9-7-18(8-10-20)26(32)33/h4-14H,15H2,1-3H3,(H,32,33)/b24-13-,29-27?. The first-order valence-corrected chi connectivity index (χ1v) is 12.5. The maximum absolute atomic E-state index is 12.9. The number of methoxy groups -OCH3 is 1. The number of nitrogens with zero attached hydrogens (tertiary/aromatic N) is 2. The molecule has 1 saturated heterocycles. The molecular formula is C27H23BrN2O5S. The van der Waals surface area contributed by atoms with Crippen LogP contribution in [0.1, 0.15) is 27.0 Å². The number of aliphatic imine (C=N–C) groups is 1. The molecule has 4 rings (SSSR count). The number of carboxylic acids is 1. The maximum Gasteiger partial charge on any atom is 0.335 e. The van der Waals surface area contributed by atoms with Gasteiger partial charge in [-0.05, 0) is 72.3 Å². The van der Waals surface area contributed by atoms with Crippen LogP contribution in [0.15, 0.2) is 75.0 Å². The summed E-state index contributed by atoms with van der Waals surface area (Å²) in [6.45, 7) is 2.44. The quantitative estimate of drug-likeness (QED) is 0.339. The molecule has 0 unspecified atom stereocenters. The molecule has 1 aliphatic heterocycles. The van der Waals surface area contributed by atoms with Gasteiger partial charge in [0.15, 0.2) is 16.7 Å². The largest absolute Gasteiger partial charge is 0.493 e. The van der Waals surface area contributed by atoms with Gasteiger partial charge in [0.2, 0.25) is 0 Å². The van der Waals surface area contributed by atoms with Crippen molar-refractivity contribution in [1.29, 1.82) is 0 Å². The van der Waals surface area contributed by atoms with Crippen molar-refractivity contribution in [1.82, 2.24) is 4.90 Å². The fraction of sp³-hybridized carbons (Fsp3) is 0.148. The molecule has 0 saturated carbocycles. The number of likely N-dealkylation sites (N-methyl/N-ethyl adjacent to an activating group) is 1. The zero-order valence-electron chi connectivity index (χ0n) is 19.8. The first-order chi connectivity index (χ1) is 17.2. The summed E-state index contributed by atoms with van der Waals surface area (Å²) in [5, 5.41) is 9.56. The van der Waals surface area contributed by atoms with Gasteiger partial charge in [-0.2, -0.15) is 0 Å². The highest BCUT2D eigenvalue weighted by molar-refractivity contribution is 9.10. The molecule has 3 aromatic carbocycles. The van der Waals surface area contributed by atoms with E-state index in [1.165, 1.54) is 28.8 Å². The topological polar surface area (TPSA) is 88.4 Å². The average Bonchev–Trinajstić information content (AvgIpc) is 3.12. The molecule has 0 aromatic heterocycles. The monoisotopic (exact) mass is 566 g/mol. The Morgan fingerprint density at radius 2 is 1.89 bits per heavy atom. The van der Waals surface area contributed by atoms with E-state index >= 15 is 0 Å². The van der Waals surface area contributed by atoms with E-state index in [2.05, 4.69) is 27.0 Å². The summed E-state index contributed by atoms with van der Waals surface area (Å²) < 4.78 is 12.3. The Labute approximate surface area is 221 Å². The van der Waals surface area contributed by atoms with Crippen LogP contribution < -0.4 is 9.47 Å². The lowest BCUT2D eigenvalue weighted by molar-refractivity contribution is -0.121. The summed E-state index contributed by atoms with van der Waals surface area (Å²) in [5.41, 5.74) is 3.70. The van der Waals surface area contributed by atoms with Gasteiger partial charge in [0.25, 0.3) is 5.91 Å². The fourth-order valence-corrected chi connectivity index (χ4v) is 4.89. The van der Waals surface area contributed by atoms with Crippen LogP contribution in [0, 0.1) is 6.92 Å². The van der Waals surface area contributed by atoms with Gasteiger partial charge < -0.3 is 14.6 Å². The number of amidine groups is 1. The Hall–Kier alpha value is -3.56. The molecule has 0 atom stereocenters. The van der Waals surface area contributed by atoms with Crippen LogP contribution in [0.2, 0.25) is 0 Å². The van der Waals surface area contributed by atoms with Crippen LogP contribution in [0.25, 0.3) is 6.08 Å². The van der Waals surface area contributed by atoms with E-state index in [1.54, 1.807) is 32.4 Å². The van der Waals surface area contributed by atoms with Gasteiger partial charge in [-0.3, -0.25) is 9.69 Å². The van der Waals surface area contributed by atoms with Crippen molar-refractivity contribution in [3.05, 3.63) is 92.3 Å². The van der Waals surface area contributed by atoms with Crippen molar-refractivity contribution in [2.45, 2.75) is 13.5 Å². The summed E-state index contributed by atoms with van der Waals surface area (Å²) in [7, 11) is 3.22. The van der Waals surface area contributed by atoms with E-state index in [1.807, 2.05) is 37.3 Å². The van der Waals surface area contributed by atoms with E-state index in [9.17, 15) is 9.59 Å². The zero-order valence-corrected chi connectivity index (χ0v) is 22.2. The number of ether oxygens (including phenoxy) is 2. The minimum atomic E-state index is -1.01. The number of thioether (sulfide) groups is 1. The average molecular weight is 567 g/mol. The number of rotatable bonds is 7. The molecule has 7 nitrogen and oxygen atoms in total. The SMILES string of the molecule is COc1cc(/C=C2\SC(=Nc3ccc(C(=O)O)cc3)N(C)C2=O)c(Br)cc1OCc1cccc(C)c1. The first kappa shape index (κ1) is 25.5. The number of carbonyl (C=O) groups is 2. The number of hydrogen-bond acceptors (Lipinski definition) is 6. The number of benzene rings is 3. The molecular weight excluding hydrogens is 544 g/mol. The van der Waals surface area contributed by atoms with Gasteiger partial charge in [-0.15, -0.1) is 0 Å². The molecule has 0 radical (unpaired) electrons. The summed E-state index contributed by atoms with van der Waals surface area (Å²) >= 11 is 4.83. The van der Waals surface area contributed by atoms with Crippen LogP contribution in [0.4, 0.5) is 5.69 Å². The van der Waals surface area contributed by atoms with Crippen molar-refractivity contribution >= 4 is 56.5 Å². The van der Waals surface area contributed by atoms with Gasteiger partial charge in [-0.25, -0.2) is 9.79 Å². The molecule has 1 amide bonds. The van der Waals surface area contributed by atoms with Gasteiger partial charge in [-0.1, -0.05) is 45.8 Å². The van der Waals surface area contributed by atoms with Crippen molar-refractivity contribution in [2.75, 3.05) is 14.2 Å². The minimum Gasteiger partial charge on any atom is -0.493 e. The molecule has 9 heteroatoms. The predicted octanol–water partition coefficient (Wildman–Crippen LogP) is 6.28. The Balaban J connectivity index is 1.56. The second-order valence-corrected chi connectivity index (χ2v) is 9.89. The highest BCUT2D eigenvalue weighted by atomic mass is 79.9. The Bertz CT molecular complexity index is 1390. The van der Waals surface area contributed by atoms with E-state index in [0.717, 1.165) is 21.2 Å². The molecule has 1 aliphatic rings. The summed E-state index contributed by atoms with van der Waals surface area (Å²) in [5.74, 6) is -0.0578. The van der Waals surface area contributed by atoms with Crippen LogP contribution in [0.5, 0.6) is 11.5 Å². The molecule has 184 valence electrons. The van der Waals surface area contributed by atoms with Crippen LogP contribution >= 0.6 is 27.7 Å². The predicted molar refractivity (Wildman–Crippen MR) is 145 cm³/mol. The maximum atomic E-state index is 12.9. The van der Waals surface area contributed by atoms with E-state index in [-0.39, 0.29) is 11.5 Å². The number of halogens is 1. The Morgan fingerprint density at radius 1 is 1.14 bits per heavy atom. The highest BCUT2D eigenvalue weighted by Gasteiger charge is 2.30. The van der Waals surface area contributed by atoms with E-state index < -0.39 is 5.97 Å².